The van der Waals surface area contributed by atoms with Gasteiger partial charge in [0.25, 0.3) is 0 Å². The SMILES string of the molecule is Cc1ncc(NCCCN)c(-c2cccc(Cl)c2)n1. The van der Waals surface area contributed by atoms with Gasteiger partial charge in [-0.05, 0) is 32.0 Å². The van der Waals surface area contributed by atoms with Crippen molar-refractivity contribution in [3.05, 3.63) is 41.3 Å². The number of hydrogen-bond acceptors (Lipinski definition) is 4. The minimum atomic E-state index is 0.659. The summed E-state index contributed by atoms with van der Waals surface area (Å²) in [5.41, 5.74) is 8.25. The third-order valence-corrected chi connectivity index (χ3v) is 2.94. The maximum Gasteiger partial charge on any atom is 0.126 e. The fourth-order valence-electron chi connectivity index (χ4n) is 1.78. The van der Waals surface area contributed by atoms with Crippen LogP contribution in [0.15, 0.2) is 30.5 Å². The fraction of sp³-hybridized carbons (Fsp3) is 0.286. The molecule has 0 saturated carbocycles. The minimum absolute atomic E-state index is 0.659. The summed E-state index contributed by atoms with van der Waals surface area (Å²) in [7, 11) is 0. The van der Waals surface area contributed by atoms with E-state index in [9.17, 15) is 0 Å². The van der Waals surface area contributed by atoms with Crippen LogP contribution < -0.4 is 11.1 Å². The number of aryl methyl sites for hydroxylation is 1. The Morgan fingerprint density at radius 3 is 2.95 bits per heavy atom. The van der Waals surface area contributed by atoms with Crippen LogP contribution in [0, 0.1) is 6.92 Å². The lowest BCUT2D eigenvalue weighted by Gasteiger charge is -2.11. The molecule has 5 heteroatoms. The molecule has 1 aromatic carbocycles. The molecule has 2 rings (SSSR count). The molecule has 0 aliphatic rings. The molecular weight excluding hydrogens is 260 g/mol. The fourth-order valence-corrected chi connectivity index (χ4v) is 1.97. The zero-order chi connectivity index (χ0) is 13.7. The summed E-state index contributed by atoms with van der Waals surface area (Å²) in [6, 6.07) is 7.65. The molecule has 0 saturated heterocycles. The molecule has 0 atom stereocenters. The van der Waals surface area contributed by atoms with E-state index in [0.29, 0.717) is 11.6 Å². The predicted octanol–water partition coefficient (Wildman–Crippen LogP) is 2.87. The van der Waals surface area contributed by atoms with E-state index in [1.54, 1.807) is 6.20 Å². The van der Waals surface area contributed by atoms with Gasteiger partial charge in [0.2, 0.25) is 0 Å². The number of rotatable bonds is 5. The Bertz CT molecular complexity index is 557. The zero-order valence-corrected chi connectivity index (χ0v) is 11.6. The average Bonchev–Trinajstić information content (AvgIpc) is 2.40. The number of nitrogens with zero attached hydrogens (tertiary/aromatic N) is 2. The lowest BCUT2D eigenvalue weighted by atomic mass is 10.1. The molecular formula is C14H17ClN4. The van der Waals surface area contributed by atoms with Gasteiger partial charge in [0.05, 0.1) is 17.6 Å². The highest BCUT2D eigenvalue weighted by molar-refractivity contribution is 6.30. The van der Waals surface area contributed by atoms with Crippen LogP contribution in [0.5, 0.6) is 0 Å². The van der Waals surface area contributed by atoms with Crippen LogP contribution in [0.1, 0.15) is 12.2 Å². The summed E-state index contributed by atoms with van der Waals surface area (Å²) in [4.78, 5) is 8.73. The standard InChI is InChI=1S/C14H17ClN4/c1-10-18-9-13(17-7-3-6-16)14(19-10)11-4-2-5-12(15)8-11/h2,4-5,8-9,17H,3,6-7,16H2,1H3. The third kappa shape index (κ3) is 3.66. The lowest BCUT2D eigenvalue weighted by molar-refractivity contribution is 0.872. The summed E-state index contributed by atoms with van der Waals surface area (Å²) in [6.45, 7) is 3.33. The Kier molecular flexibility index (Phi) is 4.71. The molecule has 0 radical (unpaired) electrons. The van der Waals surface area contributed by atoms with Gasteiger partial charge in [0.1, 0.15) is 5.82 Å². The van der Waals surface area contributed by atoms with Crippen molar-refractivity contribution in [2.75, 3.05) is 18.4 Å². The van der Waals surface area contributed by atoms with Crippen molar-refractivity contribution in [3.8, 4) is 11.3 Å². The van der Waals surface area contributed by atoms with E-state index >= 15 is 0 Å². The summed E-state index contributed by atoms with van der Waals surface area (Å²) >= 11 is 6.03. The van der Waals surface area contributed by atoms with Crippen LogP contribution in [-0.4, -0.2) is 23.1 Å². The first-order valence-electron chi connectivity index (χ1n) is 6.24. The number of halogens is 1. The topological polar surface area (TPSA) is 63.8 Å². The Morgan fingerprint density at radius 2 is 2.21 bits per heavy atom. The number of anilines is 1. The van der Waals surface area contributed by atoms with Crippen LogP contribution in [0.3, 0.4) is 0 Å². The van der Waals surface area contributed by atoms with Gasteiger partial charge in [0, 0.05) is 17.1 Å². The van der Waals surface area contributed by atoms with Gasteiger partial charge in [-0.2, -0.15) is 0 Å². The molecule has 0 aliphatic heterocycles. The van der Waals surface area contributed by atoms with E-state index < -0.39 is 0 Å². The molecule has 100 valence electrons. The van der Waals surface area contributed by atoms with Crippen molar-refractivity contribution >= 4 is 17.3 Å². The van der Waals surface area contributed by atoms with Gasteiger partial charge in [-0.15, -0.1) is 0 Å². The molecule has 19 heavy (non-hydrogen) atoms. The molecule has 0 amide bonds. The molecule has 4 nitrogen and oxygen atoms in total. The Hall–Kier alpha value is -1.65. The number of benzene rings is 1. The van der Waals surface area contributed by atoms with E-state index in [4.69, 9.17) is 17.3 Å². The molecule has 0 bridgehead atoms. The van der Waals surface area contributed by atoms with Gasteiger partial charge in [-0.25, -0.2) is 9.97 Å². The molecule has 3 N–H and O–H groups in total. The number of nitrogens with one attached hydrogen (secondary N) is 1. The number of nitrogens with two attached hydrogens (primary N) is 1. The van der Waals surface area contributed by atoms with Crippen molar-refractivity contribution in [1.29, 1.82) is 0 Å². The first-order valence-corrected chi connectivity index (χ1v) is 6.62. The molecule has 0 fully saturated rings. The second-order valence-corrected chi connectivity index (χ2v) is 4.70. The minimum Gasteiger partial charge on any atom is -0.382 e. The van der Waals surface area contributed by atoms with Crippen molar-refractivity contribution in [3.63, 3.8) is 0 Å². The highest BCUT2D eigenvalue weighted by atomic mass is 35.5. The Morgan fingerprint density at radius 1 is 1.37 bits per heavy atom. The van der Waals surface area contributed by atoms with Gasteiger partial charge in [-0.3, -0.25) is 0 Å². The summed E-state index contributed by atoms with van der Waals surface area (Å²) in [5.74, 6) is 0.736. The van der Waals surface area contributed by atoms with Crippen molar-refractivity contribution in [2.24, 2.45) is 5.73 Å². The predicted molar refractivity (Wildman–Crippen MR) is 79.4 cm³/mol. The molecule has 0 unspecified atom stereocenters. The van der Waals surface area contributed by atoms with Gasteiger partial charge >= 0.3 is 0 Å². The summed E-state index contributed by atoms with van der Waals surface area (Å²) in [5, 5.41) is 4.01. The maximum absolute atomic E-state index is 6.03. The van der Waals surface area contributed by atoms with Gasteiger partial charge in [-0.1, -0.05) is 23.7 Å². The summed E-state index contributed by atoms with van der Waals surface area (Å²) in [6.07, 6.45) is 2.71. The van der Waals surface area contributed by atoms with E-state index in [0.717, 1.165) is 35.7 Å². The molecule has 0 spiro atoms. The maximum atomic E-state index is 6.03. The van der Waals surface area contributed by atoms with Crippen molar-refractivity contribution in [1.82, 2.24) is 9.97 Å². The second-order valence-electron chi connectivity index (χ2n) is 4.26. The summed E-state index contributed by atoms with van der Waals surface area (Å²) < 4.78 is 0. The quantitative estimate of drug-likeness (QED) is 0.824. The zero-order valence-electron chi connectivity index (χ0n) is 10.9. The van der Waals surface area contributed by atoms with Crippen LogP contribution in [0.25, 0.3) is 11.3 Å². The van der Waals surface area contributed by atoms with Crippen LogP contribution in [0.4, 0.5) is 5.69 Å². The van der Waals surface area contributed by atoms with Crippen LogP contribution in [-0.2, 0) is 0 Å². The van der Waals surface area contributed by atoms with E-state index in [1.165, 1.54) is 0 Å². The normalized spacial score (nSPS) is 10.5. The number of hydrogen-bond donors (Lipinski definition) is 2. The lowest BCUT2D eigenvalue weighted by Crippen LogP contribution is -2.10. The molecule has 2 aromatic rings. The third-order valence-electron chi connectivity index (χ3n) is 2.70. The Labute approximate surface area is 118 Å². The first kappa shape index (κ1) is 13.8. The van der Waals surface area contributed by atoms with Gasteiger partial charge in [0.15, 0.2) is 0 Å². The van der Waals surface area contributed by atoms with E-state index in [2.05, 4.69) is 15.3 Å². The monoisotopic (exact) mass is 276 g/mol. The first-order chi connectivity index (χ1) is 9.20. The smallest absolute Gasteiger partial charge is 0.126 e. The van der Waals surface area contributed by atoms with Crippen molar-refractivity contribution < 1.29 is 0 Å². The molecule has 1 aromatic heterocycles. The highest BCUT2D eigenvalue weighted by Crippen LogP contribution is 2.27. The van der Waals surface area contributed by atoms with E-state index in [1.807, 2.05) is 31.2 Å². The number of aromatic nitrogens is 2. The highest BCUT2D eigenvalue weighted by Gasteiger charge is 2.08. The van der Waals surface area contributed by atoms with Crippen molar-refractivity contribution in [2.45, 2.75) is 13.3 Å². The molecule has 1 heterocycles. The molecule has 0 aliphatic carbocycles. The van der Waals surface area contributed by atoms with Crippen LogP contribution in [0.2, 0.25) is 5.02 Å². The van der Waals surface area contributed by atoms with Gasteiger partial charge < -0.3 is 11.1 Å². The largest absolute Gasteiger partial charge is 0.382 e. The van der Waals surface area contributed by atoms with Crippen LogP contribution >= 0.6 is 11.6 Å². The Balaban J connectivity index is 2.34. The van der Waals surface area contributed by atoms with E-state index in [-0.39, 0.29) is 0 Å². The average molecular weight is 277 g/mol. The second kappa shape index (κ2) is 6.50.